The third-order valence-electron chi connectivity index (χ3n) is 4.54. The molecule has 7 nitrogen and oxygen atoms in total. The monoisotopic (exact) mass is 342 g/mol. The fraction of sp³-hybridized carbons (Fsp3) is 0.389. The molecule has 3 rings (SSSR count). The molecule has 0 bridgehead atoms. The standard InChI is InChI=1S/C18H22N4O3/c1-12-14(9-19-22(12)3)10-21(2)18(24)17-16(20-15(23)11-25-17)13-7-5-4-6-8-13/h4-9,16-17H,10-11H2,1-3H3,(H,20,23)/t16-,17+/m1/s1. The lowest BCUT2D eigenvalue weighted by Gasteiger charge is -2.34. The van der Waals surface area contributed by atoms with Gasteiger partial charge in [-0.3, -0.25) is 14.3 Å². The molecular formula is C18H22N4O3. The summed E-state index contributed by atoms with van der Waals surface area (Å²) < 4.78 is 7.36. The summed E-state index contributed by atoms with van der Waals surface area (Å²) in [6.45, 7) is 2.29. The summed E-state index contributed by atoms with van der Waals surface area (Å²) in [4.78, 5) is 26.3. The van der Waals surface area contributed by atoms with E-state index in [-0.39, 0.29) is 18.4 Å². The molecule has 25 heavy (non-hydrogen) atoms. The number of aryl methyl sites for hydroxylation is 1. The van der Waals surface area contributed by atoms with Gasteiger partial charge in [-0.25, -0.2) is 0 Å². The van der Waals surface area contributed by atoms with Crippen molar-refractivity contribution in [1.82, 2.24) is 20.0 Å². The van der Waals surface area contributed by atoms with Crippen LogP contribution < -0.4 is 5.32 Å². The van der Waals surface area contributed by atoms with Crippen LogP contribution in [0.5, 0.6) is 0 Å². The fourth-order valence-corrected chi connectivity index (χ4v) is 2.93. The van der Waals surface area contributed by atoms with Crippen molar-refractivity contribution in [1.29, 1.82) is 0 Å². The number of amides is 2. The minimum Gasteiger partial charge on any atom is -0.356 e. The Morgan fingerprint density at radius 2 is 2.12 bits per heavy atom. The van der Waals surface area contributed by atoms with E-state index in [4.69, 9.17) is 4.74 Å². The number of aromatic nitrogens is 2. The second-order valence-electron chi connectivity index (χ2n) is 6.26. The van der Waals surface area contributed by atoms with Gasteiger partial charge in [-0.15, -0.1) is 0 Å². The van der Waals surface area contributed by atoms with E-state index in [0.717, 1.165) is 16.8 Å². The van der Waals surface area contributed by atoms with Crippen LogP contribution in [0.4, 0.5) is 0 Å². The number of ether oxygens (including phenoxy) is 1. The fourth-order valence-electron chi connectivity index (χ4n) is 2.93. The quantitative estimate of drug-likeness (QED) is 0.897. The molecule has 0 unspecified atom stereocenters. The highest BCUT2D eigenvalue weighted by Gasteiger charge is 2.37. The Labute approximate surface area is 146 Å². The van der Waals surface area contributed by atoms with E-state index >= 15 is 0 Å². The van der Waals surface area contributed by atoms with Gasteiger partial charge in [0.2, 0.25) is 5.91 Å². The first-order valence-corrected chi connectivity index (χ1v) is 8.15. The first-order valence-electron chi connectivity index (χ1n) is 8.15. The predicted octanol–water partition coefficient (Wildman–Crippen LogP) is 0.943. The van der Waals surface area contributed by atoms with E-state index in [1.165, 1.54) is 0 Å². The molecular weight excluding hydrogens is 320 g/mol. The molecule has 1 aliphatic rings. The van der Waals surface area contributed by atoms with Gasteiger partial charge in [0, 0.05) is 31.9 Å². The normalized spacial score (nSPS) is 20.2. The predicted molar refractivity (Wildman–Crippen MR) is 91.5 cm³/mol. The number of nitrogens with one attached hydrogen (secondary N) is 1. The summed E-state index contributed by atoms with van der Waals surface area (Å²) in [5, 5.41) is 7.07. The molecule has 2 aromatic rings. The summed E-state index contributed by atoms with van der Waals surface area (Å²) >= 11 is 0. The van der Waals surface area contributed by atoms with Crippen molar-refractivity contribution in [3.8, 4) is 0 Å². The highest BCUT2D eigenvalue weighted by molar-refractivity contribution is 5.86. The van der Waals surface area contributed by atoms with E-state index in [2.05, 4.69) is 10.4 Å². The molecule has 0 radical (unpaired) electrons. The number of likely N-dealkylation sites (N-methyl/N-ethyl adjacent to an activating group) is 1. The molecule has 1 saturated heterocycles. The van der Waals surface area contributed by atoms with E-state index in [1.54, 1.807) is 22.8 Å². The smallest absolute Gasteiger partial charge is 0.254 e. The third-order valence-corrected chi connectivity index (χ3v) is 4.54. The highest BCUT2D eigenvalue weighted by atomic mass is 16.5. The van der Waals surface area contributed by atoms with Crippen LogP contribution in [-0.2, 0) is 27.9 Å². The lowest BCUT2D eigenvalue weighted by atomic mass is 9.99. The first kappa shape index (κ1) is 17.2. The molecule has 0 saturated carbocycles. The van der Waals surface area contributed by atoms with Gasteiger partial charge in [-0.05, 0) is 12.5 Å². The highest BCUT2D eigenvalue weighted by Crippen LogP contribution is 2.24. The van der Waals surface area contributed by atoms with E-state index in [0.29, 0.717) is 6.54 Å². The van der Waals surface area contributed by atoms with Gasteiger partial charge in [-0.1, -0.05) is 30.3 Å². The molecule has 1 aromatic carbocycles. The van der Waals surface area contributed by atoms with Crippen LogP contribution in [0.3, 0.4) is 0 Å². The molecule has 2 amide bonds. The van der Waals surface area contributed by atoms with Gasteiger partial charge in [0.1, 0.15) is 6.61 Å². The molecule has 2 heterocycles. The molecule has 0 spiro atoms. The van der Waals surface area contributed by atoms with Crippen LogP contribution in [-0.4, -0.2) is 46.3 Å². The Morgan fingerprint density at radius 1 is 1.40 bits per heavy atom. The topological polar surface area (TPSA) is 76.5 Å². The van der Waals surface area contributed by atoms with E-state index in [9.17, 15) is 9.59 Å². The second kappa shape index (κ2) is 7.06. The van der Waals surface area contributed by atoms with Crippen molar-refractivity contribution in [2.24, 2.45) is 7.05 Å². The molecule has 1 fully saturated rings. The SMILES string of the molecule is Cc1c(CN(C)C(=O)[C@H]2OCC(=O)N[C@@H]2c2ccccc2)cnn1C. The zero-order chi connectivity index (χ0) is 18.0. The molecule has 7 heteroatoms. The van der Waals surface area contributed by atoms with Gasteiger partial charge >= 0.3 is 0 Å². The number of hydrogen-bond donors (Lipinski definition) is 1. The largest absolute Gasteiger partial charge is 0.356 e. The van der Waals surface area contributed by atoms with E-state index in [1.807, 2.05) is 44.3 Å². The second-order valence-corrected chi connectivity index (χ2v) is 6.26. The van der Waals surface area contributed by atoms with Gasteiger partial charge < -0.3 is 15.0 Å². The van der Waals surface area contributed by atoms with Gasteiger partial charge in [-0.2, -0.15) is 5.10 Å². The number of rotatable bonds is 4. The van der Waals surface area contributed by atoms with Crippen LogP contribution in [0, 0.1) is 6.92 Å². The minimum absolute atomic E-state index is 0.112. The zero-order valence-corrected chi connectivity index (χ0v) is 14.6. The molecule has 0 aliphatic carbocycles. The van der Waals surface area contributed by atoms with Crippen molar-refractivity contribution in [3.63, 3.8) is 0 Å². The Hall–Kier alpha value is -2.67. The van der Waals surface area contributed by atoms with Gasteiger partial charge in [0.25, 0.3) is 5.91 Å². The zero-order valence-electron chi connectivity index (χ0n) is 14.6. The van der Waals surface area contributed by atoms with Crippen molar-refractivity contribution in [2.75, 3.05) is 13.7 Å². The van der Waals surface area contributed by atoms with E-state index < -0.39 is 12.1 Å². The Balaban J connectivity index is 1.78. The summed E-state index contributed by atoms with van der Waals surface area (Å²) in [5.74, 6) is -0.388. The number of benzene rings is 1. The molecule has 1 aromatic heterocycles. The van der Waals surface area contributed by atoms with Crippen LogP contribution in [0.1, 0.15) is 22.9 Å². The van der Waals surface area contributed by atoms with Gasteiger partial charge in [0.15, 0.2) is 6.10 Å². The van der Waals surface area contributed by atoms with Crippen LogP contribution in [0.25, 0.3) is 0 Å². The van der Waals surface area contributed by atoms with Crippen molar-refractivity contribution >= 4 is 11.8 Å². The van der Waals surface area contributed by atoms with Crippen LogP contribution in [0.2, 0.25) is 0 Å². The molecule has 132 valence electrons. The van der Waals surface area contributed by atoms with Crippen molar-refractivity contribution < 1.29 is 14.3 Å². The number of carbonyl (C=O) groups excluding carboxylic acids is 2. The minimum atomic E-state index is -0.748. The van der Waals surface area contributed by atoms with Crippen LogP contribution in [0.15, 0.2) is 36.5 Å². The average Bonchev–Trinajstić information content (AvgIpc) is 2.94. The summed E-state index contributed by atoms with van der Waals surface area (Å²) in [6, 6.07) is 8.91. The summed E-state index contributed by atoms with van der Waals surface area (Å²) in [6.07, 6.45) is 1.01. The van der Waals surface area contributed by atoms with Crippen molar-refractivity contribution in [2.45, 2.75) is 25.6 Å². The van der Waals surface area contributed by atoms with Gasteiger partial charge in [0.05, 0.1) is 12.2 Å². The maximum atomic E-state index is 12.9. The Bertz CT molecular complexity index is 772. The Kier molecular flexibility index (Phi) is 4.85. The maximum absolute atomic E-state index is 12.9. The number of nitrogens with zero attached hydrogens (tertiary/aromatic N) is 3. The Morgan fingerprint density at radius 3 is 2.76 bits per heavy atom. The summed E-state index contributed by atoms with van der Waals surface area (Å²) in [5.41, 5.74) is 2.84. The number of hydrogen-bond acceptors (Lipinski definition) is 4. The molecule has 1 aliphatic heterocycles. The summed E-state index contributed by atoms with van der Waals surface area (Å²) in [7, 11) is 3.60. The average molecular weight is 342 g/mol. The first-order chi connectivity index (χ1) is 12.0. The van der Waals surface area contributed by atoms with Crippen molar-refractivity contribution in [3.05, 3.63) is 53.3 Å². The number of morpholine rings is 1. The maximum Gasteiger partial charge on any atom is 0.254 e. The molecule has 2 atom stereocenters. The lowest BCUT2D eigenvalue weighted by molar-refractivity contribution is -0.154. The number of carbonyl (C=O) groups is 2. The lowest BCUT2D eigenvalue weighted by Crippen LogP contribution is -2.52. The van der Waals surface area contributed by atoms with Crippen LogP contribution >= 0.6 is 0 Å². The molecule has 1 N–H and O–H groups in total. The third kappa shape index (κ3) is 3.56.